The number of methoxy groups -OCH3 is 1. The van der Waals surface area contributed by atoms with Crippen LogP contribution in [0.2, 0.25) is 0 Å². The first kappa shape index (κ1) is 18.5. The van der Waals surface area contributed by atoms with Crippen molar-refractivity contribution >= 4 is 0 Å². The Bertz CT molecular complexity index is 638. The van der Waals surface area contributed by atoms with Crippen molar-refractivity contribution in [2.45, 2.75) is 32.2 Å². The zero-order valence-corrected chi connectivity index (χ0v) is 13.9. The maximum absolute atomic E-state index is 12.6. The molecular formula is C17H21F3N2O2. The first-order valence-corrected chi connectivity index (χ1v) is 7.74. The van der Waals surface area contributed by atoms with Crippen LogP contribution in [0.4, 0.5) is 13.2 Å². The molecule has 0 saturated carbocycles. The molecule has 1 atom stereocenters. The molecule has 0 amide bonds. The largest absolute Gasteiger partial charge is 0.452 e. The molecule has 4 nitrogen and oxygen atoms in total. The summed E-state index contributed by atoms with van der Waals surface area (Å²) in [6.45, 7) is 3.02. The SMILES string of the molecule is CCCCN(C)C(OC)c1ccc(-c2cc(C(F)(F)F)on2)cc1. The fraction of sp³-hybridized carbons (Fsp3) is 0.471. The van der Waals surface area contributed by atoms with E-state index in [2.05, 4.69) is 21.5 Å². The normalized spacial score (nSPS) is 13.5. The smallest absolute Gasteiger partial charge is 0.362 e. The third-order valence-electron chi connectivity index (χ3n) is 3.77. The first-order chi connectivity index (χ1) is 11.4. The molecule has 0 aliphatic carbocycles. The summed E-state index contributed by atoms with van der Waals surface area (Å²) in [5, 5.41) is 3.49. The van der Waals surface area contributed by atoms with Gasteiger partial charge in [-0.05, 0) is 19.0 Å². The van der Waals surface area contributed by atoms with Gasteiger partial charge in [0.15, 0.2) is 0 Å². The van der Waals surface area contributed by atoms with Crippen molar-refractivity contribution in [1.82, 2.24) is 10.1 Å². The first-order valence-electron chi connectivity index (χ1n) is 7.74. The van der Waals surface area contributed by atoms with E-state index in [9.17, 15) is 13.2 Å². The zero-order valence-electron chi connectivity index (χ0n) is 13.9. The van der Waals surface area contributed by atoms with E-state index < -0.39 is 11.9 Å². The number of hydrogen-bond donors (Lipinski definition) is 0. The fourth-order valence-electron chi connectivity index (χ4n) is 2.46. The molecule has 0 N–H and O–H groups in total. The lowest BCUT2D eigenvalue weighted by Gasteiger charge is -2.27. The second kappa shape index (κ2) is 7.81. The van der Waals surface area contributed by atoms with Crippen molar-refractivity contribution in [3.05, 3.63) is 41.7 Å². The van der Waals surface area contributed by atoms with Crippen LogP contribution in [0.3, 0.4) is 0 Å². The van der Waals surface area contributed by atoms with Crippen LogP contribution >= 0.6 is 0 Å². The van der Waals surface area contributed by atoms with Gasteiger partial charge in [-0.3, -0.25) is 4.90 Å². The van der Waals surface area contributed by atoms with Gasteiger partial charge in [0.2, 0.25) is 5.76 Å². The minimum Gasteiger partial charge on any atom is -0.362 e. The van der Waals surface area contributed by atoms with E-state index in [1.165, 1.54) is 0 Å². The fourth-order valence-corrected chi connectivity index (χ4v) is 2.46. The van der Waals surface area contributed by atoms with Crippen LogP contribution in [-0.2, 0) is 10.9 Å². The third-order valence-corrected chi connectivity index (χ3v) is 3.77. The molecule has 0 spiro atoms. The molecule has 1 aromatic heterocycles. The lowest BCUT2D eigenvalue weighted by molar-refractivity contribution is -0.155. The Morgan fingerprint density at radius 2 is 1.92 bits per heavy atom. The number of hydrogen-bond acceptors (Lipinski definition) is 4. The molecule has 0 radical (unpaired) electrons. The number of alkyl halides is 3. The van der Waals surface area contributed by atoms with Gasteiger partial charge >= 0.3 is 6.18 Å². The van der Waals surface area contributed by atoms with Gasteiger partial charge in [0, 0.05) is 25.3 Å². The predicted octanol–water partition coefficient (Wildman–Crippen LogP) is 4.74. The molecule has 7 heteroatoms. The Morgan fingerprint density at radius 3 is 2.42 bits per heavy atom. The quantitative estimate of drug-likeness (QED) is 0.682. The number of nitrogens with zero attached hydrogens (tertiary/aromatic N) is 2. The lowest BCUT2D eigenvalue weighted by Crippen LogP contribution is -2.26. The van der Waals surface area contributed by atoms with Gasteiger partial charge in [-0.1, -0.05) is 42.8 Å². The standard InChI is InChI=1S/C17H21F3N2O2/c1-4-5-10-22(2)16(23-3)13-8-6-12(7-9-13)14-11-15(24-21-14)17(18,19)20/h6-9,11,16H,4-5,10H2,1-3H3. The topological polar surface area (TPSA) is 38.5 Å². The van der Waals surface area contributed by atoms with Crippen molar-refractivity contribution in [1.29, 1.82) is 0 Å². The van der Waals surface area contributed by atoms with Gasteiger partial charge in [0.25, 0.3) is 0 Å². The van der Waals surface area contributed by atoms with Gasteiger partial charge in [-0.15, -0.1) is 0 Å². The highest BCUT2D eigenvalue weighted by molar-refractivity contribution is 5.59. The average molecular weight is 342 g/mol. The van der Waals surface area contributed by atoms with Crippen LogP contribution in [0.25, 0.3) is 11.3 Å². The van der Waals surface area contributed by atoms with E-state index in [1.807, 2.05) is 19.2 Å². The monoisotopic (exact) mass is 342 g/mol. The van der Waals surface area contributed by atoms with Crippen LogP contribution < -0.4 is 0 Å². The summed E-state index contributed by atoms with van der Waals surface area (Å²) in [4.78, 5) is 2.09. The Balaban J connectivity index is 2.16. The molecule has 1 heterocycles. The Morgan fingerprint density at radius 1 is 1.25 bits per heavy atom. The maximum atomic E-state index is 12.6. The molecule has 2 rings (SSSR count). The van der Waals surface area contributed by atoms with Crippen molar-refractivity contribution in [2.75, 3.05) is 20.7 Å². The number of halogens is 3. The molecule has 0 fully saturated rings. The molecule has 0 aliphatic rings. The maximum Gasteiger partial charge on any atom is 0.452 e. The third kappa shape index (κ3) is 4.36. The van der Waals surface area contributed by atoms with E-state index in [-0.39, 0.29) is 11.9 Å². The van der Waals surface area contributed by atoms with Crippen molar-refractivity contribution in [3.63, 3.8) is 0 Å². The average Bonchev–Trinajstić information content (AvgIpc) is 3.04. The highest BCUT2D eigenvalue weighted by Gasteiger charge is 2.36. The van der Waals surface area contributed by atoms with E-state index >= 15 is 0 Å². The van der Waals surface area contributed by atoms with Crippen molar-refractivity contribution in [3.8, 4) is 11.3 Å². The highest BCUT2D eigenvalue weighted by atomic mass is 19.4. The summed E-state index contributed by atoms with van der Waals surface area (Å²) in [6, 6.07) is 7.98. The lowest BCUT2D eigenvalue weighted by atomic mass is 10.1. The van der Waals surface area contributed by atoms with Crippen molar-refractivity contribution < 1.29 is 22.4 Å². The Labute approximate surface area is 139 Å². The molecule has 0 saturated heterocycles. The van der Waals surface area contributed by atoms with Crippen LogP contribution in [0.1, 0.15) is 37.3 Å². The number of rotatable bonds is 7. The molecule has 24 heavy (non-hydrogen) atoms. The van der Waals surface area contributed by atoms with Gasteiger partial charge in [-0.2, -0.15) is 13.2 Å². The van der Waals surface area contributed by atoms with Gasteiger partial charge in [0.05, 0.1) is 0 Å². The summed E-state index contributed by atoms with van der Waals surface area (Å²) in [6.07, 6.45) is -2.58. The Kier molecular flexibility index (Phi) is 6.01. The molecule has 1 aromatic carbocycles. The minimum atomic E-state index is -4.53. The van der Waals surface area contributed by atoms with Crippen molar-refractivity contribution in [2.24, 2.45) is 0 Å². The number of aromatic nitrogens is 1. The molecule has 0 aliphatic heterocycles. The highest BCUT2D eigenvalue weighted by Crippen LogP contribution is 2.32. The predicted molar refractivity (Wildman–Crippen MR) is 84.2 cm³/mol. The second-order valence-electron chi connectivity index (χ2n) is 5.62. The van der Waals surface area contributed by atoms with Gasteiger partial charge in [0.1, 0.15) is 11.9 Å². The minimum absolute atomic E-state index is 0.155. The van der Waals surface area contributed by atoms with E-state index in [0.29, 0.717) is 5.56 Å². The molecular weight excluding hydrogens is 321 g/mol. The molecule has 2 aromatic rings. The molecule has 132 valence electrons. The van der Waals surface area contributed by atoms with Crippen LogP contribution in [-0.4, -0.2) is 30.8 Å². The van der Waals surface area contributed by atoms with Gasteiger partial charge in [-0.25, -0.2) is 0 Å². The van der Waals surface area contributed by atoms with E-state index in [1.54, 1.807) is 19.2 Å². The number of benzene rings is 1. The summed E-state index contributed by atoms with van der Waals surface area (Å²) in [5.41, 5.74) is 1.64. The second-order valence-corrected chi connectivity index (χ2v) is 5.62. The number of ether oxygens (including phenoxy) is 1. The summed E-state index contributed by atoms with van der Waals surface area (Å²) < 4.78 is 47.6. The zero-order chi connectivity index (χ0) is 17.7. The summed E-state index contributed by atoms with van der Waals surface area (Å²) in [5.74, 6) is -1.10. The van der Waals surface area contributed by atoms with Crippen LogP contribution in [0.5, 0.6) is 0 Å². The van der Waals surface area contributed by atoms with E-state index in [0.717, 1.165) is 31.0 Å². The van der Waals surface area contributed by atoms with Gasteiger partial charge < -0.3 is 9.26 Å². The van der Waals surface area contributed by atoms with Crippen LogP contribution in [0.15, 0.2) is 34.9 Å². The number of unbranched alkanes of at least 4 members (excludes halogenated alkanes) is 1. The Hall–Kier alpha value is -1.86. The summed E-state index contributed by atoms with van der Waals surface area (Å²) >= 11 is 0. The van der Waals surface area contributed by atoms with Crippen LogP contribution in [0, 0.1) is 0 Å². The summed E-state index contributed by atoms with van der Waals surface area (Å²) in [7, 11) is 3.61. The van der Waals surface area contributed by atoms with E-state index in [4.69, 9.17) is 4.74 Å². The molecule has 0 bridgehead atoms. The molecule has 1 unspecified atom stereocenters.